The molecule has 1 aliphatic heterocycles. The number of benzene rings is 2. The minimum absolute atomic E-state index is 0.160. The highest BCUT2D eigenvalue weighted by Crippen LogP contribution is 2.31. The van der Waals surface area contributed by atoms with Crippen molar-refractivity contribution in [2.24, 2.45) is 0 Å². The molecule has 3 heteroatoms. The molecule has 1 heterocycles. The van der Waals surface area contributed by atoms with E-state index in [2.05, 4.69) is 13.8 Å². The van der Waals surface area contributed by atoms with Gasteiger partial charge in [-0.1, -0.05) is 50.2 Å². The van der Waals surface area contributed by atoms with Gasteiger partial charge in [-0.3, -0.25) is 9.59 Å². The molecule has 0 saturated heterocycles. The van der Waals surface area contributed by atoms with Crippen LogP contribution in [0, 0.1) is 0 Å². The lowest BCUT2D eigenvalue weighted by Gasteiger charge is -2.29. The second kappa shape index (κ2) is 5.17. The molecule has 0 aromatic heterocycles. The van der Waals surface area contributed by atoms with E-state index in [1.807, 2.05) is 42.5 Å². The molecule has 21 heavy (non-hydrogen) atoms. The fourth-order valence-electron chi connectivity index (χ4n) is 2.78. The fourth-order valence-corrected chi connectivity index (χ4v) is 2.78. The number of anilines is 1. The Kier molecular flexibility index (Phi) is 3.34. The zero-order valence-corrected chi connectivity index (χ0v) is 12.2. The first-order chi connectivity index (χ1) is 10.1. The normalized spacial score (nSPS) is 14.5. The first kappa shape index (κ1) is 13.6. The van der Waals surface area contributed by atoms with Crippen molar-refractivity contribution >= 4 is 17.5 Å². The van der Waals surface area contributed by atoms with Crippen molar-refractivity contribution in [1.82, 2.24) is 0 Å². The van der Waals surface area contributed by atoms with Gasteiger partial charge in [0.1, 0.15) is 0 Å². The molecule has 0 N–H and O–H groups in total. The number of amides is 2. The molecule has 0 fully saturated rings. The highest BCUT2D eigenvalue weighted by Gasteiger charge is 2.33. The van der Waals surface area contributed by atoms with E-state index < -0.39 is 0 Å². The van der Waals surface area contributed by atoms with E-state index in [0.29, 0.717) is 11.3 Å². The van der Waals surface area contributed by atoms with Gasteiger partial charge in [-0.15, -0.1) is 0 Å². The minimum atomic E-state index is -0.227. The third kappa shape index (κ3) is 2.25. The lowest BCUT2D eigenvalue weighted by Crippen LogP contribution is -2.43. The summed E-state index contributed by atoms with van der Waals surface area (Å²) < 4.78 is 0. The predicted octanol–water partition coefficient (Wildman–Crippen LogP) is 3.54. The Balaban J connectivity index is 2.12. The van der Waals surface area contributed by atoms with Crippen molar-refractivity contribution in [3.05, 3.63) is 65.2 Å². The van der Waals surface area contributed by atoms with Crippen LogP contribution in [0.2, 0.25) is 0 Å². The Hall–Kier alpha value is -2.42. The smallest absolute Gasteiger partial charge is 0.265 e. The standard InChI is InChI=1S/C18H17NO2/c1-12(2)14-8-5-6-10-16(14)19-17(20)11-13-7-3-4-9-15(13)18(19)21/h3-10,12H,11H2,1-2H3. The van der Waals surface area contributed by atoms with Gasteiger partial charge in [0.15, 0.2) is 0 Å². The first-order valence-electron chi connectivity index (χ1n) is 7.13. The summed E-state index contributed by atoms with van der Waals surface area (Å²) in [6.45, 7) is 4.12. The minimum Gasteiger partial charge on any atom is -0.274 e. The van der Waals surface area contributed by atoms with E-state index >= 15 is 0 Å². The zero-order valence-electron chi connectivity index (χ0n) is 12.2. The third-order valence-corrected chi connectivity index (χ3v) is 3.84. The Morgan fingerprint density at radius 3 is 2.38 bits per heavy atom. The van der Waals surface area contributed by atoms with Gasteiger partial charge in [0.2, 0.25) is 5.91 Å². The summed E-state index contributed by atoms with van der Waals surface area (Å²) in [5, 5.41) is 0. The van der Waals surface area contributed by atoms with Crippen LogP contribution in [0.5, 0.6) is 0 Å². The van der Waals surface area contributed by atoms with Crippen molar-refractivity contribution in [2.45, 2.75) is 26.2 Å². The van der Waals surface area contributed by atoms with Crippen molar-refractivity contribution < 1.29 is 9.59 Å². The maximum Gasteiger partial charge on any atom is 0.265 e. The topological polar surface area (TPSA) is 37.4 Å². The van der Waals surface area contributed by atoms with Gasteiger partial charge in [0.25, 0.3) is 5.91 Å². The quantitative estimate of drug-likeness (QED) is 0.788. The summed E-state index contributed by atoms with van der Waals surface area (Å²) >= 11 is 0. The van der Waals surface area contributed by atoms with Gasteiger partial charge in [-0.25, -0.2) is 4.90 Å². The van der Waals surface area contributed by atoms with E-state index in [-0.39, 0.29) is 24.2 Å². The van der Waals surface area contributed by atoms with Crippen LogP contribution in [0.15, 0.2) is 48.5 Å². The lowest BCUT2D eigenvalue weighted by atomic mass is 9.95. The number of fused-ring (bicyclic) bond motifs is 1. The monoisotopic (exact) mass is 279 g/mol. The molecule has 1 aliphatic rings. The Morgan fingerprint density at radius 2 is 1.62 bits per heavy atom. The van der Waals surface area contributed by atoms with Crippen LogP contribution in [0.3, 0.4) is 0 Å². The van der Waals surface area contributed by atoms with Gasteiger partial charge in [0, 0.05) is 5.56 Å². The molecular formula is C18H17NO2. The second-order valence-electron chi connectivity index (χ2n) is 5.58. The molecule has 106 valence electrons. The number of hydrogen-bond donors (Lipinski definition) is 0. The van der Waals surface area contributed by atoms with Gasteiger partial charge < -0.3 is 0 Å². The molecule has 3 nitrogen and oxygen atoms in total. The number of hydrogen-bond acceptors (Lipinski definition) is 2. The number of nitrogens with zero attached hydrogens (tertiary/aromatic N) is 1. The van der Waals surface area contributed by atoms with Gasteiger partial charge in [-0.2, -0.15) is 0 Å². The molecule has 0 spiro atoms. The Morgan fingerprint density at radius 1 is 0.952 bits per heavy atom. The second-order valence-corrected chi connectivity index (χ2v) is 5.58. The Labute approximate surface area is 124 Å². The van der Waals surface area contributed by atoms with Crippen molar-refractivity contribution in [2.75, 3.05) is 4.90 Å². The zero-order chi connectivity index (χ0) is 15.0. The maximum absolute atomic E-state index is 12.7. The van der Waals surface area contributed by atoms with Gasteiger partial charge in [-0.05, 0) is 29.2 Å². The number of rotatable bonds is 2. The first-order valence-corrected chi connectivity index (χ1v) is 7.13. The van der Waals surface area contributed by atoms with Crippen LogP contribution in [0.25, 0.3) is 0 Å². The van der Waals surface area contributed by atoms with Crippen LogP contribution in [0.1, 0.15) is 41.3 Å². The fraction of sp³-hybridized carbons (Fsp3) is 0.222. The largest absolute Gasteiger partial charge is 0.274 e. The van der Waals surface area contributed by atoms with Crippen LogP contribution >= 0.6 is 0 Å². The van der Waals surface area contributed by atoms with Crippen molar-refractivity contribution in [3.8, 4) is 0 Å². The molecule has 0 saturated carbocycles. The van der Waals surface area contributed by atoms with Gasteiger partial charge >= 0.3 is 0 Å². The van der Waals surface area contributed by atoms with E-state index in [9.17, 15) is 9.59 Å². The molecule has 2 aromatic carbocycles. The highest BCUT2D eigenvalue weighted by atomic mass is 16.2. The average molecular weight is 279 g/mol. The van der Waals surface area contributed by atoms with Crippen LogP contribution in [-0.2, 0) is 11.2 Å². The summed E-state index contributed by atoms with van der Waals surface area (Å²) in [5.41, 5.74) is 3.15. The lowest BCUT2D eigenvalue weighted by molar-refractivity contribution is -0.117. The molecule has 0 radical (unpaired) electrons. The molecule has 2 amide bonds. The van der Waals surface area contributed by atoms with Crippen molar-refractivity contribution in [3.63, 3.8) is 0 Å². The van der Waals surface area contributed by atoms with Crippen LogP contribution < -0.4 is 4.90 Å². The molecule has 0 atom stereocenters. The van der Waals surface area contributed by atoms with E-state index in [1.54, 1.807) is 6.07 Å². The molecule has 0 aliphatic carbocycles. The average Bonchev–Trinajstić information content (AvgIpc) is 2.47. The van der Waals surface area contributed by atoms with Crippen molar-refractivity contribution in [1.29, 1.82) is 0 Å². The van der Waals surface area contributed by atoms with E-state index in [0.717, 1.165) is 11.1 Å². The summed E-state index contributed by atoms with van der Waals surface area (Å²) in [6, 6.07) is 14.9. The number of carbonyl (C=O) groups is 2. The maximum atomic E-state index is 12.7. The number of carbonyl (C=O) groups excluding carboxylic acids is 2. The Bertz CT molecular complexity index is 719. The van der Waals surface area contributed by atoms with E-state index in [1.165, 1.54) is 4.90 Å². The summed E-state index contributed by atoms with van der Waals surface area (Å²) in [7, 11) is 0. The van der Waals surface area contributed by atoms with Crippen LogP contribution in [-0.4, -0.2) is 11.8 Å². The predicted molar refractivity (Wildman–Crippen MR) is 82.5 cm³/mol. The van der Waals surface area contributed by atoms with Gasteiger partial charge in [0.05, 0.1) is 12.1 Å². The SMILES string of the molecule is CC(C)c1ccccc1N1C(=O)Cc2ccccc2C1=O. The van der Waals surface area contributed by atoms with E-state index in [4.69, 9.17) is 0 Å². The molecule has 0 unspecified atom stereocenters. The molecular weight excluding hydrogens is 262 g/mol. The highest BCUT2D eigenvalue weighted by molar-refractivity contribution is 6.25. The molecule has 3 rings (SSSR count). The van der Waals surface area contributed by atoms with Crippen LogP contribution in [0.4, 0.5) is 5.69 Å². The number of imide groups is 1. The summed E-state index contributed by atoms with van der Waals surface area (Å²) in [5.74, 6) is -0.138. The summed E-state index contributed by atoms with van der Waals surface area (Å²) in [4.78, 5) is 26.5. The molecule has 0 bridgehead atoms. The molecule has 2 aromatic rings. The number of para-hydroxylation sites is 1. The summed E-state index contributed by atoms with van der Waals surface area (Å²) in [6.07, 6.45) is 0.272. The third-order valence-electron chi connectivity index (χ3n) is 3.84.